The summed E-state index contributed by atoms with van der Waals surface area (Å²) in [5.74, 6) is -3.05. The van der Waals surface area contributed by atoms with Gasteiger partial charge in [-0.2, -0.15) is 13.2 Å². The number of alkyl halides is 3. The smallest absolute Gasteiger partial charge is 0.425 e. The molecule has 2 amide bonds. The van der Waals surface area contributed by atoms with E-state index in [1.54, 1.807) is 19.9 Å². The fourth-order valence-corrected chi connectivity index (χ4v) is 4.83. The summed E-state index contributed by atoms with van der Waals surface area (Å²) in [7, 11) is 2.70. The van der Waals surface area contributed by atoms with Gasteiger partial charge in [-0.15, -0.1) is 0 Å². The predicted molar refractivity (Wildman–Crippen MR) is 125 cm³/mol. The van der Waals surface area contributed by atoms with Gasteiger partial charge in [-0.25, -0.2) is 0 Å². The summed E-state index contributed by atoms with van der Waals surface area (Å²) in [6.45, 7) is 3.48. The highest BCUT2D eigenvalue weighted by Gasteiger charge is 2.72. The number of halogens is 3. The van der Waals surface area contributed by atoms with Crippen LogP contribution in [0.2, 0.25) is 0 Å². The predicted octanol–water partition coefficient (Wildman–Crippen LogP) is 4.42. The summed E-state index contributed by atoms with van der Waals surface area (Å²) >= 11 is 0. The first-order chi connectivity index (χ1) is 16.9. The second kappa shape index (κ2) is 8.69. The Bertz CT molecular complexity index is 1270. The molecular weight excluding hydrogens is 477 g/mol. The lowest BCUT2D eigenvalue weighted by atomic mass is 9.72. The van der Waals surface area contributed by atoms with Crippen molar-refractivity contribution < 1.29 is 37.0 Å². The Morgan fingerprint density at radius 1 is 0.972 bits per heavy atom. The third kappa shape index (κ3) is 3.90. The first-order valence-electron chi connectivity index (χ1n) is 11.1. The van der Waals surface area contributed by atoms with Crippen molar-refractivity contribution in [3.05, 3.63) is 65.4 Å². The quantitative estimate of drug-likeness (QED) is 0.654. The zero-order valence-corrected chi connectivity index (χ0v) is 20.2. The van der Waals surface area contributed by atoms with Crippen molar-refractivity contribution in [3.8, 4) is 11.5 Å². The number of amides is 2. The van der Waals surface area contributed by atoms with E-state index in [1.165, 1.54) is 56.7 Å². The van der Waals surface area contributed by atoms with Gasteiger partial charge in [-0.1, -0.05) is 26.0 Å². The zero-order valence-electron chi connectivity index (χ0n) is 20.2. The molecule has 0 fully saturated rings. The molecule has 0 bridgehead atoms. The Balaban J connectivity index is 1.93. The van der Waals surface area contributed by atoms with Crippen molar-refractivity contribution in [2.75, 3.05) is 19.1 Å². The van der Waals surface area contributed by atoms with Crippen LogP contribution in [0, 0.1) is 5.41 Å². The van der Waals surface area contributed by atoms with Crippen molar-refractivity contribution in [3.63, 3.8) is 0 Å². The van der Waals surface area contributed by atoms with Crippen LogP contribution in [-0.4, -0.2) is 43.5 Å². The Morgan fingerprint density at radius 3 is 2.19 bits per heavy atom. The van der Waals surface area contributed by atoms with E-state index in [4.69, 9.17) is 9.47 Å². The lowest BCUT2D eigenvalue weighted by molar-refractivity contribution is -0.186. The largest absolute Gasteiger partial charge is 0.497 e. The number of Topliss-reactive ketones (excluding diaryl/α,β-unsaturated/α-hetero) is 1. The highest BCUT2D eigenvalue weighted by molar-refractivity contribution is 6.21. The number of hydrogen-bond acceptors (Lipinski definition) is 5. The number of hydrogen-bond donors (Lipinski definition) is 1. The summed E-state index contributed by atoms with van der Waals surface area (Å²) < 4.78 is 55.1. The molecule has 0 radical (unpaired) electrons. The van der Waals surface area contributed by atoms with Crippen molar-refractivity contribution in [1.82, 2.24) is 5.32 Å². The van der Waals surface area contributed by atoms with Gasteiger partial charge >= 0.3 is 6.18 Å². The van der Waals surface area contributed by atoms with Crippen LogP contribution in [0.1, 0.15) is 37.0 Å². The number of allylic oxidation sites excluding steroid dienone is 1. The summed E-state index contributed by atoms with van der Waals surface area (Å²) in [6, 6.07) is 11.6. The second-order valence-corrected chi connectivity index (χ2v) is 9.50. The van der Waals surface area contributed by atoms with E-state index in [0.717, 1.165) is 4.90 Å². The lowest BCUT2D eigenvalue weighted by Crippen LogP contribution is -2.66. The number of nitrogens with one attached hydrogen (secondary N) is 1. The van der Waals surface area contributed by atoms with E-state index in [-0.39, 0.29) is 35.5 Å². The SMILES string of the molecule is COc1ccc(N2C(=O)C(NC(=O)c3ccccc3OC)(C(F)(F)F)C3=C2CC(C)(C)CC3=O)cc1. The van der Waals surface area contributed by atoms with Gasteiger partial charge in [0.05, 0.1) is 25.4 Å². The minimum atomic E-state index is -5.32. The van der Waals surface area contributed by atoms with E-state index in [0.29, 0.717) is 5.75 Å². The molecule has 1 aliphatic heterocycles. The molecule has 2 aliphatic rings. The number of carbonyl (C=O) groups excluding carboxylic acids is 3. The Hall–Kier alpha value is -3.82. The molecule has 36 heavy (non-hydrogen) atoms. The molecule has 0 saturated heterocycles. The Morgan fingerprint density at radius 2 is 1.61 bits per heavy atom. The second-order valence-electron chi connectivity index (χ2n) is 9.50. The van der Waals surface area contributed by atoms with E-state index in [2.05, 4.69) is 0 Å². The first kappa shape index (κ1) is 25.3. The molecule has 1 N–H and O–H groups in total. The number of ether oxygens (including phenoxy) is 2. The van der Waals surface area contributed by atoms with Gasteiger partial charge in [0.25, 0.3) is 11.8 Å². The number of ketones is 1. The standard InChI is InChI=1S/C26H25F3N2O5/c1-24(2)13-18-21(19(32)14-24)25(26(27,28)29,30-22(33)17-7-5-6-8-20(17)36-4)23(34)31(18)15-9-11-16(35-3)12-10-15/h5-12H,13-14H2,1-4H3,(H,30,33). The molecule has 1 atom stereocenters. The molecule has 0 spiro atoms. The van der Waals surface area contributed by atoms with E-state index < -0.39 is 40.3 Å². The minimum Gasteiger partial charge on any atom is -0.497 e. The average molecular weight is 502 g/mol. The number of benzene rings is 2. The lowest BCUT2D eigenvalue weighted by Gasteiger charge is -2.35. The van der Waals surface area contributed by atoms with Crippen LogP contribution in [0.3, 0.4) is 0 Å². The van der Waals surface area contributed by atoms with Gasteiger partial charge in [-0.05, 0) is 48.2 Å². The summed E-state index contributed by atoms with van der Waals surface area (Å²) in [4.78, 5) is 41.2. The molecule has 2 aromatic carbocycles. The third-order valence-electron chi connectivity index (χ3n) is 6.43. The van der Waals surface area contributed by atoms with E-state index >= 15 is 0 Å². The molecule has 1 aliphatic carbocycles. The average Bonchev–Trinajstić information content (AvgIpc) is 3.06. The summed E-state index contributed by atoms with van der Waals surface area (Å²) in [5, 5.41) is 1.91. The molecule has 1 unspecified atom stereocenters. The van der Waals surface area contributed by atoms with Crippen LogP contribution in [0.5, 0.6) is 11.5 Å². The zero-order chi connectivity index (χ0) is 26.5. The normalized spacial score (nSPS) is 21.4. The maximum absolute atomic E-state index is 15.0. The summed E-state index contributed by atoms with van der Waals surface area (Å²) in [5.41, 5.74) is -5.17. The highest BCUT2D eigenvalue weighted by atomic mass is 19.4. The van der Waals surface area contributed by atoms with E-state index in [9.17, 15) is 27.6 Å². The topological polar surface area (TPSA) is 84.9 Å². The molecule has 0 aromatic heterocycles. The van der Waals surface area contributed by atoms with Gasteiger partial charge in [0, 0.05) is 17.8 Å². The number of nitrogens with zero attached hydrogens (tertiary/aromatic N) is 1. The molecule has 10 heteroatoms. The van der Waals surface area contributed by atoms with Crippen molar-refractivity contribution in [1.29, 1.82) is 0 Å². The minimum absolute atomic E-state index is 0.0220. The van der Waals surface area contributed by atoms with Gasteiger partial charge in [0.2, 0.25) is 5.54 Å². The van der Waals surface area contributed by atoms with Crippen molar-refractivity contribution in [2.45, 2.75) is 38.4 Å². The molecule has 1 heterocycles. The molecular formula is C26H25F3N2O5. The first-order valence-corrected chi connectivity index (χ1v) is 11.1. The van der Waals surface area contributed by atoms with Crippen molar-refractivity contribution >= 4 is 23.3 Å². The maximum atomic E-state index is 15.0. The number of methoxy groups -OCH3 is 2. The number of rotatable bonds is 5. The van der Waals surface area contributed by atoms with Crippen LogP contribution in [0.15, 0.2) is 59.8 Å². The Labute approximate surface area is 205 Å². The van der Waals surface area contributed by atoms with Gasteiger partial charge in [0.15, 0.2) is 5.78 Å². The van der Waals surface area contributed by atoms with Crippen LogP contribution < -0.4 is 19.7 Å². The number of anilines is 1. The van der Waals surface area contributed by atoms with Gasteiger partial charge in [-0.3, -0.25) is 19.3 Å². The molecule has 7 nitrogen and oxygen atoms in total. The van der Waals surface area contributed by atoms with Crippen molar-refractivity contribution in [2.24, 2.45) is 5.41 Å². The maximum Gasteiger partial charge on any atom is 0.425 e. The van der Waals surface area contributed by atoms with Crippen LogP contribution in [0.4, 0.5) is 18.9 Å². The van der Waals surface area contributed by atoms with E-state index in [1.807, 2.05) is 5.32 Å². The monoisotopic (exact) mass is 502 g/mol. The van der Waals surface area contributed by atoms with Crippen LogP contribution >= 0.6 is 0 Å². The third-order valence-corrected chi connectivity index (χ3v) is 6.43. The van der Waals surface area contributed by atoms with Crippen LogP contribution in [-0.2, 0) is 9.59 Å². The molecule has 0 saturated carbocycles. The molecule has 190 valence electrons. The number of carbonyl (C=O) groups is 3. The van der Waals surface area contributed by atoms with Gasteiger partial charge in [0.1, 0.15) is 11.5 Å². The van der Waals surface area contributed by atoms with Crippen LogP contribution in [0.25, 0.3) is 0 Å². The summed E-state index contributed by atoms with van der Waals surface area (Å²) in [6.07, 6.45) is -5.51. The highest BCUT2D eigenvalue weighted by Crippen LogP contribution is 2.53. The Kier molecular flexibility index (Phi) is 6.10. The molecule has 4 rings (SSSR count). The number of para-hydroxylation sites is 1. The molecule has 2 aromatic rings. The fourth-order valence-electron chi connectivity index (χ4n) is 4.83. The van der Waals surface area contributed by atoms with Gasteiger partial charge < -0.3 is 14.8 Å². The fraction of sp³-hybridized carbons (Fsp3) is 0.346.